The fraction of sp³-hybridized carbons (Fsp3) is 0.556. The van der Waals surface area contributed by atoms with Gasteiger partial charge in [-0.15, -0.1) is 0 Å². The molecule has 0 aliphatic heterocycles. The number of nitrogens with one attached hydrogen (secondary N) is 2. The smallest absolute Gasteiger partial charge is 0.211 e. The quantitative estimate of drug-likeness (QED) is 0.791. The third-order valence-electron chi connectivity index (χ3n) is 2.12. The van der Waals surface area contributed by atoms with E-state index in [-0.39, 0.29) is 5.75 Å². The minimum Gasteiger partial charge on any atom is -0.362 e. The van der Waals surface area contributed by atoms with E-state index in [4.69, 9.17) is 0 Å². The van der Waals surface area contributed by atoms with E-state index in [1.165, 1.54) is 0 Å². The van der Waals surface area contributed by atoms with Crippen LogP contribution in [0.2, 0.25) is 0 Å². The van der Waals surface area contributed by atoms with Crippen LogP contribution >= 0.6 is 0 Å². The van der Waals surface area contributed by atoms with Gasteiger partial charge in [0.25, 0.3) is 0 Å². The number of aromatic amines is 1. The van der Waals surface area contributed by atoms with E-state index in [1.807, 2.05) is 19.9 Å². The largest absolute Gasteiger partial charge is 0.362 e. The van der Waals surface area contributed by atoms with Gasteiger partial charge in [0.2, 0.25) is 10.0 Å². The Hall–Kier alpha value is -0.810. The lowest BCUT2D eigenvalue weighted by Gasteiger charge is -2.03. The van der Waals surface area contributed by atoms with E-state index in [0.717, 1.165) is 17.0 Å². The van der Waals surface area contributed by atoms with E-state index in [2.05, 4.69) is 9.71 Å². The monoisotopic (exact) mass is 216 g/mol. The van der Waals surface area contributed by atoms with Gasteiger partial charge in [-0.3, -0.25) is 0 Å². The van der Waals surface area contributed by atoms with Crippen molar-refractivity contribution in [2.75, 3.05) is 5.75 Å². The molecule has 4 nitrogen and oxygen atoms in total. The van der Waals surface area contributed by atoms with Crippen LogP contribution in [-0.2, 0) is 16.6 Å². The second-order valence-electron chi connectivity index (χ2n) is 3.33. The van der Waals surface area contributed by atoms with Crippen LogP contribution in [0.15, 0.2) is 6.07 Å². The molecule has 0 radical (unpaired) electrons. The Labute approximate surface area is 84.8 Å². The minimum atomic E-state index is -3.09. The molecular weight excluding hydrogens is 200 g/mol. The molecule has 1 heterocycles. The Bertz CT molecular complexity index is 406. The molecule has 0 aromatic carbocycles. The van der Waals surface area contributed by atoms with Crippen LogP contribution in [0.25, 0.3) is 0 Å². The first-order valence-corrected chi connectivity index (χ1v) is 6.22. The summed E-state index contributed by atoms with van der Waals surface area (Å²) in [6, 6.07) is 1.95. The summed E-state index contributed by atoms with van der Waals surface area (Å²) in [7, 11) is -3.09. The van der Waals surface area contributed by atoms with Gasteiger partial charge in [-0.2, -0.15) is 0 Å². The van der Waals surface area contributed by atoms with Gasteiger partial charge in [0.05, 0.1) is 5.75 Å². The topological polar surface area (TPSA) is 62.0 Å². The molecule has 0 spiro atoms. The fourth-order valence-corrected chi connectivity index (χ4v) is 1.83. The van der Waals surface area contributed by atoms with E-state index < -0.39 is 10.0 Å². The third-order valence-corrected chi connectivity index (χ3v) is 3.46. The summed E-state index contributed by atoms with van der Waals surface area (Å²) in [4.78, 5) is 3.13. The molecule has 1 rings (SSSR count). The molecule has 0 aliphatic rings. The van der Waals surface area contributed by atoms with Gasteiger partial charge < -0.3 is 4.98 Å². The number of hydrogen-bond acceptors (Lipinski definition) is 2. The van der Waals surface area contributed by atoms with Crippen molar-refractivity contribution in [3.8, 4) is 0 Å². The molecule has 14 heavy (non-hydrogen) atoms. The highest BCUT2D eigenvalue weighted by atomic mass is 32.2. The Morgan fingerprint density at radius 2 is 2.07 bits per heavy atom. The molecule has 0 saturated carbocycles. The number of sulfonamides is 1. The van der Waals surface area contributed by atoms with Crippen LogP contribution in [0.1, 0.15) is 23.9 Å². The Morgan fingerprint density at radius 3 is 2.50 bits per heavy atom. The lowest BCUT2D eigenvalue weighted by molar-refractivity contribution is 0.582. The summed E-state index contributed by atoms with van der Waals surface area (Å²) in [6.45, 7) is 5.87. The van der Waals surface area contributed by atoms with Crippen LogP contribution in [0.4, 0.5) is 0 Å². The molecule has 5 heteroatoms. The van der Waals surface area contributed by atoms with Crippen LogP contribution in [0.5, 0.6) is 0 Å². The van der Waals surface area contributed by atoms with Gasteiger partial charge in [-0.05, 0) is 32.4 Å². The molecular formula is C9H16N2O2S. The maximum atomic E-state index is 11.2. The number of hydrogen-bond donors (Lipinski definition) is 2. The molecule has 2 N–H and O–H groups in total. The van der Waals surface area contributed by atoms with Crippen molar-refractivity contribution in [2.45, 2.75) is 27.3 Å². The number of H-pyrrole nitrogens is 1. The number of rotatable bonds is 4. The van der Waals surface area contributed by atoms with Gasteiger partial charge in [-0.25, -0.2) is 13.1 Å². The Balaban J connectivity index is 2.67. The molecule has 0 unspecified atom stereocenters. The van der Waals surface area contributed by atoms with Crippen molar-refractivity contribution in [3.63, 3.8) is 0 Å². The van der Waals surface area contributed by atoms with Crippen molar-refractivity contribution in [1.29, 1.82) is 0 Å². The van der Waals surface area contributed by atoms with Crippen molar-refractivity contribution >= 4 is 10.0 Å². The first-order chi connectivity index (χ1) is 6.44. The zero-order valence-electron chi connectivity index (χ0n) is 8.72. The molecule has 0 fully saturated rings. The van der Waals surface area contributed by atoms with Gasteiger partial charge in [-0.1, -0.05) is 0 Å². The van der Waals surface area contributed by atoms with Crippen LogP contribution in [0, 0.1) is 13.8 Å². The summed E-state index contributed by atoms with van der Waals surface area (Å²) in [5.74, 6) is 0.120. The molecule has 0 saturated heterocycles. The predicted octanol–water partition coefficient (Wildman–Crippen LogP) is 1.07. The average Bonchev–Trinajstić information content (AvgIpc) is 2.42. The standard InChI is InChI=1S/C9H16N2O2S/c1-4-14(12,13)10-6-9-5-7(2)11-8(9)3/h5,10-11H,4,6H2,1-3H3. The first-order valence-electron chi connectivity index (χ1n) is 4.57. The van der Waals surface area contributed by atoms with E-state index in [1.54, 1.807) is 6.92 Å². The van der Waals surface area contributed by atoms with Crippen molar-refractivity contribution < 1.29 is 8.42 Å². The highest BCUT2D eigenvalue weighted by molar-refractivity contribution is 7.89. The van der Waals surface area contributed by atoms with Crippen LogP contribution in [0.3, 0.4) is 0 Å². The molecule has 0 bridgehead atoms. The second-order valence-corrected chi connectivity index (χ2v) is 5.42. The SMILES string of the molecule is CCS(=O)(=O)NCc1cc(C)[nH]c1C. The van der Waals surface area contributed by atoms with Crippen molar-refractivity contribution in [3.05, 3.63) is 23.0 Å². The first kappa shape index (κ1) is 11.3. The summed E-state index contributed by atoms with van der Waals surface area (Å²) < 4.78 is 24.9. The maximum Gasteiger partial charge on any atom is 0.211 e. The summed E-state index contributed by atoms with van der Waals surface area (Å²) in [5.41, 5.74) is 3.06. The summed E-state index contributed by atoms with van der Waals surface area (Å²) >= 11 is 0. The highest BCUT2D eigenvalue weighted by Crippen LogP contribution is 2.08. The van der Waals surface area contributed by atoms with E-state index in [0.29, 0.717) is 6.54 Å². The lowest BCUT2D eigenvalue weighted by Crippen LogP contribution is -2.24. The van der Waals surface area contributed by atoms with Crippen LogP contribution in [-0.4, -0.2) is 19.2 Å². The average molecular weight is 216 g/mol. The highest BCUT2D eigenvalue weighted by Gasteiger charge is 2.08. The predicted molar refractivity (Wildman–Crippen MR) is 56.6 cm³/mol. The van der Waals surface area contributed by atoms with Crippen molar-refractivity contribution in [2.24, 2.45) is 0 Å². The fourth-order valence-electron chi connectivity index (χ4n) is 1.26. The normalized spacial score (nSPS) is 11.9. The molecule has 80 valence electrons. The van der Waals surface area contributed by atoms with E-state index >= 15 is 0 Å². The molecule has 1 aromatic rings. The second kappa shape index (κ2) is 4.14. The zero-order valence-corrected chi connectivity index (χ0v) is 9.53. The van der Waals surface area contributed by atoms with Gasteiger partial charge in [0, 0.05) is 17.9 Å². The minimum absolute atomic E-state index is 0.120. The maximum absolute atomic E-state index is 11.2. The van der Waals surface area contributed by atoms with E-state index in [9.17, 15) is 8.42 Å². The molecule has 0 atom stereocenters. The third kappa shape index (κ3) is 2.85. The Kier molecular flexibility index (Phi) is 3.34. The summed E-state index contributed by atoms with van der Waals surface area (Å²) in [6.07, 6.45) is 0. The van der Waals surface area contributed by atoms with Gasteiger partial charge >= 0.3 is 0 Å². The molecule has 1 aromatic heterocycles. The molecule has 0 amide bonds. The number of aryl methyl sites for hydroxylation is 2. The lowest BCUT2D eigenvalue weighted by atomic mass is 10.2. The van der Waals surface area contributed by atoms with Crippen LogP contribution < -0.4 is 4.72 Å². The molecule has 0 aliphatic carbocycles. The number of aromatic nitrogens is 1. The van der Waals surface area contributed by atoms with Gasteiger partial charge in [0.1, 0.15) is 0 Å². The van der Waals surface area contributed by atoms with Gasteiger partial charge in [0.15, 0.2) is 0 Å². The Morgan fingerprint density at radius 1 is 1.43 bits per heavy atom. The summed E-state index contributed by atoms with van der Waals surface area (Å²) in [5, 5.41) is 0. The van der Waals surface area contributed by atoms with Crippen molar-refractivity contribution in [1.82, 2.24) is 9.71 Å². The zero-order chi connectivity index (χ0) is 10.8.